The minimum Gasteiger partial charge on any atom is -0.480 e. The highest BCUT2D eigenvalue weighted by molar-refractivity contribution is 5.89. The van der Waals surface area contributed by atoms with Crippen molar-refractivity contribution in [1.29, 1.82) is 0 Å². The molecule has 7 nitrogen and oxygen atoms in total. The number of aliphatic carboxylic acids is 1. The maximum atomic E-state index is 12.8. The van der Waals surface area contributed by atoms with Gasteiger partial charge in [-0.3, -0.25) is 4.79 Å². The first-order valence-corrected chi connectivity index (χ1v) is 11.3. The molecule has 0 spiro atoms. The van der Waals surface area contributed by atoms with Crippen molar-refractivity contribution in [2.24, 2.45) is 11.8 Å². The van der Waals surface area contributed by atoms with Crippen LogP contribution in [0.2, 0.25) is 0 Å². The third-order valence-electron chi connectivity index (χ3n) is 5.89. The van der Waals surface area contributed by atoms with Gasteiger partial charge < -0.3 is 20.5 Å². The van der Waals surface area contributed by atoms with E-state index in [0.29, 0.717) is 6.42 Å². The van der Waals surface area contributed by atoms with Crippen LogP contribution >= 0.6 is 0 Å². The largest absolute Gasteiger partial charge is 0.480 e. The fourth-order valence-corrected chi connectivity index (χ4v) is 4.25. The number of carbonyl (C=O) groups excluding carboxylic acids is 2. The average molecular weight is 453 g/mol. The van der Waals surface area contributed by atoms with Gasteiger partial charge in [0.2, 0.25) is 5.91 Å². The molecular weight excluding hydrogens is 420 g/mol. The van der Waals surface area contributed by atoms with Gasteiger partial charge in [0.25, 0.3) is 0 Å². The van der Waals surface area contributed by atoms with Crippen LogP contribution in [0.5, 0.6) is 0 Å². The molecule has 0 unspecified atom stereocenters. The van der Waals surface area contributed by atoms with Crippen molar-refractivity contribution in [3.63, 3.8) is 0 Å². The predicted molar refractivity (Wildman–Crippen MR) is 126 cm³/mol. The molecule has 0 saturated carbocycles. The van der Waals surface area contributed by atoms with Crippen molar-refractivity contribution in [3.05, 3.63) is 59.7 Å². The van der Waals surface area contributed by atoms with Crippen LogP contribution in [0.15, 0.2) is 48.5 Å². The highest BCUT2D eigenvalue weighted by Crippen LogP contribution is 2.44. The van der Waals surface area contributed by atoms with Crippen LogP contribution in [-0.4, -0.2) is 41.8 Å². The smallest absolute Gasteiger partial charge is 0.407 e. The van der Waals surface area contributed by atoms with Gasteiger partial charge in [0, 0.05) is 5.92 Å². The summed E-state index contributed by atoms with van der Waals surface area (Å²) in [6, 6.07) is 14.2. The maximum absolute atomic E-state index is 12.8. The number of benzene rings is 2. The lowest BCUT2D eigenvalue weighted by molar-refractivity contribution is -0.143. The van der Waals surface area contributed by atoms with E-state index in [4.69, 9.17) is 4.74 Å². The number of nitrogens with one attached hydrogen (secondary N) is 2. The van der Waals surface area contributed by atoms with E-state index < -0.39 is 30.1 Å². The first-order chi connectivity index (χ1) is 15.7. The van der Waals surface area contributed by atoms with Crippen molar-refractivity contribution in [3.8, 4) is 11.1 Å². The molecule has 2 amide bonds. The molecule has 3 rings (SSSR count). The molecule has 2 aromatic rings. The molecule has 0 aliphatic heterocycles. The average Bonchev–Trinajstić information content (AvgIpc) is 3.08. The normalized spacial score (nSPS) is 14.4. The number of ether oxygens (including phenoxy) is 1. The third-order valence-corrected chi connectivity index (χ3v) is 5.89. The zero-order chi connectivity index (χ0) is 24.1. The summed E-state index contributed by atoms with van der Waals surface area (Å²) in [6.07, 6.45) is -0.338. The lowest BCUT2D eigenvalue weighted by Crippen LogP contribution is -2.53. The standard InChI is InChI=1S/C26H32N2O5/c1-15(2)13-22(24(29)28-23(16(3)4)25(30)31)27-26(32)33-14-21-19-11-7-5-9-17(19)18-10-6-8-12-20(18)21/h5-12,15-16,21-23H,13-14H2,1-4H3,(H,27,32)(H,28,29)(H,30,31)/t22-,23-/m0/s1. The van der Waals surface area contributed by atoms with Gasteiger partial charge in [-0.2, -0.15) is 0 Å². The van der Waals surface area contributed by atoms with E-state index in [9.17, 15) is 19.5 Å². The predicted octanol–water partition coefficient (Wildman–Crippen LogP) is 4.17. The highest BCUT2D eigenvalue weighted by Gasteiger charge is 2.31. The Morgan fingerprint density at radius 2 is 1.45 bits per heavy atom. The van der Waals surface area contributed by atoms with Crippen LogP contribution in [-0.2, 0) is 14.3 Å². The second-order valence-corrected chi connectivity index (χ2v) is 9.22. The van der Waals surface area contributed by atoms with Crippen LogP contribution in [0.3, 0.4) is 0 Å². The molecule has 0 fully saturated rings. The van der Waals surface area contributed by atoms with Crippen LogP contribution < -0.4 is 10.6 Å². The van der Waals surface area contributed by atoms with Crippen LogP contribution in [0.25, 0.3) is 11.1 Å². The van der Waals surface area contributed by atoms with E-state index in [2.05, 4.69) is 22.8 Å². The summed E-state index contributed by atoms with van der Waals surface area (Å²) >= 11 is 0. The summed E-state index contributed by atoms with van der Waals surface area (Å²) in [5, 5.41) is 14.6. The van der Waals surface area contributed by atoms with Crippen molar-refractivity contribution >= 4 is 18.0 Å². The Bertz CT molecular complexity index is 972. The van der Waals surface area contributed by atoms with Crippen molar-refractivity contribution in [2.45, 2.75) is 52.1 Å². The summed E-state index contributed by atoms with van der Waals surface area (Å²) < 4.78 is 5.56. The quantitative estimate of drug-likeness (QED) is 0.530. The highest BCUT2D eigenvalue weighted by atomic mass is 16.5. The van der Waals surface area contributed by atoms with Gasteiger partial charge in [-0.05, 0) is 40.5 Å². The number of fused-ring (bicyclic) bond motifs is 3. The fourth-order valence-electron chi connectivity index (χ4n) is 4.25. The molecule has 0 bridgehead atoms. The number of carbonyl (C=O) groups is 3. The number of amides is 2. The lowest BCUT2D eigenvalue weighted by Gasteiger charge is -2.24. The van der Waals surface area contributed by atoms with E-state index in [1.54, 1.807) is 13.8 Å². The van der Waals surface area contributed by atoms with Gasteiger partial charge in [0.1, 0.15) is 18.7 Å². The zero-order valence-corrected chi connectivity index (χ0v) is 19.5. The zero-order valence-electron chi connectivity index (χ0n) is 19.5. The van der Waals surface area contributed by atoms with E-state index >= 15 is 0 Å². The Labute approximate surface area is 194 Å². The SMILES string of the molecule is CC(C)C[C@H](NC(=O)OCC1c2ccccc2-c2ccccc21)C(=O)N[C@H](C(=O)O)C(C)C. The summed E-state index contributed by atoms with van der Waals surface area (Å²) in [5.74, 6) is -1.91. The van der Waals surface area contributed by atoms with Gasteiger partial charge in [-0.25, -0.2) is 9.59 Å². The number of rotatable bonds is 9. The molecule has 1 aliphatic carbocycles. The molecule has 7 heteroatoms. The molecule has 0 radical (unpaired) electrons. The first-order valence-electron chi connectivity index (χ1n) is 11.3. The van der Waals surface area contributed by atoms with Gasteiger partial charge >= 0.3 is 12.1 Å². The number of alkyl carbamates (subject to hydrolysis) is 1. The van der Waals surface area contributed by atoms with Crippen LogP contribution in [0.1, 0.15) is 51.2 Å². The Morgan fingerprint density at radius 3 is 1.94 bits per heavy atom. The van der Waals surface area contributed by atoms with Crippen molar-refractivity contribution in [2.75, 3.05) is 6.61 Å². The number of carboxylic acid groups (broad SMARTS) is 1. The van der Waals surface area contributed by atoms with E-state index in [-0.39, 0.29) is 24.4 Å². The number of hydrogen-bond donors (Lipinski definition) is 3. The van der Waals surface area contributed by atoms with Crippen molar-refractivity contribution in [1.82, 2.24) is 10.6 Å². The van der Waals surface area contributed by atoms with Crippen LogP contribution in [0.4, 0.5) is 4.79 Å². The molecule has 176 valence electrons. The molecule has 2 atom stereocenters. The van der Waals surface area contributed by atoms with Gasteiger partial charge in [-0.15, -0.1) is 0 Å². The minimum absolute atomic E-state index is 0.0853. The molecule has 33 heavy (non-hydrogen) atoms. The summed E-state index contributed by atoms with van der Waals surface area (Å²) in [7, 11) is 0. The van der Waals surface area contributed by atoms with Crippen molar-refractivity contribution < 1.29 is 24.2 Å². The number of hydrogen-bond acceptors (Lipinski definition) is 4. The lowest BCUT2D eigenvalue weighted by atomic mass is 9.98. The molecule has 1 aliphatic rings. The molecule has 0 aromatic heterocycles. The summed E-state index contributed by atoms with van der Waals surface area (Å²) in [4.78, 5) is 36.9. The molecule has 2 aromatic carbocycles. The molecule has 3 N–H and O–H groups in total. The van der Waals surface area contributed by atoms with Gasteiger partial charge in [-0.1, -0.05) is 76.2 Å². The molecule has 0 saturated heterocycles. The van der Waals surface area contributed by atoms with E-state index in [1.165, 1.54) is 0 Å². The second-order valence-electron chi connectivity index (χ2n) is 9.22. The second kappa shape index (κ2) is 10.5. The number of carboxylic acids is 1. The monoisotopic (exact) mass is 452 g/mol. The summed E-state index contributed by atoms with van der Waals surface area (Å²) in [6.45, 7) is 7.43. The van der Waals surface area contributed by atoms with Crippen LogP contribution in [0, 0.1) is 11.8 Å². The molecule has 0 heterocycles. The van der Waals surface area contributed by atoms with Gasteiger partial charge in [0.15, 0.2) is 0 Å². The summed E-state index contributed by atoms with van der Waals surface area (Å²) in [5.41, 5.74) is 4.47. The fraction of sp³-hybridized carbons (Fsp3) is 0.423. The van der Waals surface area contributed by atoms with E-state index in [1.807, 2.05) is 50.2 Å². The van der Waals surface area contributed by atoms with E-state index in [0.717, 1.165) is 22.3 Å². The Morgan fingerprint density at radius 1 is 0.909 bits per heavy atom. The minimum atomic E-state index is -1.11. The molecular formula is C26H32N2O5. The Hall–Kier alpha value is -3.35. The first kappa shape index (κ1) is 24.3. The van der Waals surface area contributed by atoms with Gasteiger partial charge in [0.05, 0.1) is 0 Å². The Balaban J connectivity index is 1.67. The topological polar surface area (TPSA) is 105 Å². The third kappa shape index (κ3) is 5.72. The maximum Gasteiger partial charge on any atom is 0.407 e. The Kier molecular flexibility index (Phi) is 7.74.